The smallest absolute Gasteiger partial charge is 0.423 e. The van der Waals surface area contributed by atoms with Crippen LogP contribution in [-0.2, 0) is 6.18 Å². The van der Waals surface area contributed by atoms with Crippen LogP contribution in [0.1, 0.15) is 19.4 Å². The average molecular weight is 370 g/mol. The summed E-state index contributed by atoms with van der Waals surface area (Å²) in [4.78, 5) is 19.3. The van der Waals surface area contributed by atoms with Crippen molar-refractivity contribution in [2.24, 2.45) is 5.92 Å². The van der Waals surface area contributed by atoms with Crippen LogP contribution < -0.4 is 9.64 Å². The average Bonchev–Trinajstić information content (AvgIpc) is 2.58. The summed E-state index contributed by atoms with van der Waals surface area (Å²) in [6.45, 7) is 3.61. The lowest BCUT2D eigenvalue weighted by molar-refractivity contribution is -0.384. The van der Waals surface area contributed by atoms with E-state index in [1.165, 1.54) is 30.1 Å². The number of nitro benzene ring substituents is 1. The van der Waals surface area contributed by atoms with Crippen molar-refractivity contribution < 1.29 is 22.8 Å². The van der Waals surface area contributed by atoms with Crippen molar-refractivity contribution in [3.63, 3.8) is 0 Å². The highest BCUT2D eigenvalue weighted by atomic mass is 19.4. The summed E-state index contributed by atoms with van der Waals surface area (Å²) in [5, 5.41) is 11.2. The van der Waals surface area contributed by atoms with Gasteiger partial charge < -0.3 is 9.64 Å². The molecule has 0 aliphatic heterocycles. The monoisotopic (exact) mass is 370 g/mol. The standard InChI is InChI=1S/C16H17F3N4O3/c1-10(2)9-26-14-11(16(17,18)19)8-20-15(21-14)22(3)12-6-4-5-7-13(12)23(24)25/h4-8,10H,9H2,1-3H3. The molecular formula is C16H17F3N4O3. The van der Waals surface area contributed by atoms with E-state index in [9.17, 15) is 23.3 Å². The van der Waals surface area contributed by atoms with Crippen molar-refractivity contribution in [2.75, 3.05) is 18.6 Å². The quantitative estimate of drug-likeness (QED) is 0.560. The minimum absolute atomic E-state index is 0.0116. The molecule has 26 heavy (non-hydrogen) atoms. The summed E-state index contributed by atoms with van der Waals surface area (Å²) in [5.41, 5.74) is -1.17. The van der Waals surface area contributed by atoms with Crippen LogP contribution in [0.25, 0.3) is 0 Å². The van der Waals surface area contributed by atoms with Crippen molar-refractivity contribution in [3.8, 4) is 5.88 Å². The van der Waals surface area contributed by atoms with E-state index in [-0.39, 0.29) is 29.8 Å². The number of para-hydroxylation sites is 2. The van der Waals surface area contributed by atoms with Gasteiger partial charge in [-0.2, -0.15) is 18.2 Å². The van der Waals surface area contributed by atoms with Gasteiger partial charge in [0.05, 0.1) is 11.5 Å². The largest absolute Gasteiger partial charge is 0.477 e. The van der Waals surface area contributed by atoms with Crippen LogP contribution >= 0.6 is 0 Å². The van der Waals surface area contributed by atoms with Gasteiger partial charge in [-0.15, -0.1) is 0 Å². The third-order valence-corrected chi connectivity index (χ3v) is 3.34. The lowest BCUT2D eigenvalue weighted by Crippen LogP contribution is -2.18. The molecule has 7 nitrogen and oxygen atoms in total. The molecule has 2 aromatic rings. The Balaban J connectivity index is 2.47. The Morgan fingerprint density at radius 1 is 1.31 bits per heavy atom. The zero-order valence-electron chi connectivity index (χ0n) is 14.3. The van der Waals surface area contributed by atoms with Gasteiger partial charge in [0.15, 0.2) is 0 Å². The Morgan fingerprint density at radius 3 is 2.54 bits per heavy atom. The molecule has 10 heteroatoms. The number of nitrogens with zero attached hydrogens (tertiary/aromatic N) is 4. The summed E-state index contributed by atoms with van der Waals surface area (Å²) in [5.74, 6) is -0.768. The number of hydrogen-bond donors (Lipinski definition) is 0. The highest BCUT2D eigenvalue weighted by Crippen LogP contribution is 2.37. The number of aromatic nitrogens is 2. The molecule has 1 aromatic carbocycles. The van der Waals surface area contributed by atoms with Crippen molar-refractivity contribution in [3.05, 3.63) is 46.1 Å². The maximum atomic E-state index is 13.1. The van der Waals surface area contributed by atoms with Crippen LogP contribution in [0, 0.1) is 16.0 Å². The highest BCUT2D eigenvalue weighted by Gasteiger charge is 2.36. The molecule has 0 saturated carbocycles. The fourth-order valence-corrected chi connectivity index (χ4v) is 2.08. The van der Waals surface area contributed by atoms with E-state index < -0.39 is 22.5 Å². The first-order chi connectivity index (χ1) is 12.1. The summed E-state index contributed by atoms with van der Waals surface area (Å²) < 4.78 is 44.6. The van der Waals surface area contributed by atoms with Crippen LogP contribution in [0.4, 0.5) is 30.5 Å². The number of anilines is 2. The Morgan fingerprint density at radius 2 is 1.96 bits per heavy atom. The van der Waals surface area contributed by atoms with Crippen molar-refractivity contribution >= 4 is 17.3 Å². The molecular weight excluding hydrogens is 353 g/mol. The van der Waals surface area contributed by atoms with Gasteiger partial charge in [0.1, 0.15) is 11.3 Å². The molecule has 0 spiro atoms. The maximum Gasteiger partial charge on any atom is 0.423 e. The van der Waals surface area contributed by atoms with E-state index >= 15 is 0 Å². The van der Waals surface area contributed by atoms with E-state index in [0.29, 0.717) is 6.20 Å². The Kier molecular flexibility index (Phi) is 5.63. The molecule has 0 atom stereocenters. The maximum absolute atomic E-state index is 13.1. The van der Waals surface area contributed by atoms with Crippen molar-refractivity contribution in [2.45, 2.75) is 20.0 Å². The Bertz CT molecular complexity index is 797. The zero-order chi connectivity index (χ0) is 19.5. The Hall–Kier alpha value is -2.91. The van der Waals surface area contributed by atoms with Crippen LogP contribution in [0.3, 0.4) is 0 Å². The molecule has 0 saturated heterocycles. The Labute approximate surface area is 147 Å². The van der Waals surface area contributed by atoms with E-state index in [1.54, 1.807) is 19.9 Å². The van der Waals surface area contributed by atoms with Crippen LogP contribution in [0.2, 0.25) is 0 Å². The molecule has 1 aromatic heterocycles. The molecule has 0 amide bonds. The van der Waals surface area contributed by atoms with Gasteiger partial charge in [-0.3, -0.25) is 10.1 Å². The normalized spacial score (nSPS) is 11.5. The van der Waals surface area contributed by atoms with E-state index in [0.717, 1.165) is 0 Å². The van der Waals surface area contributed by atoms with E-state index in [2.05, 4.69) is 9.97 Å². The van der Waals surface area contributed by atoms with Crippen LogP contribution in [0.15, 0.2) is 30.5 Å². The summed E-state index contributed by atoms with van der Waals surface area (Å²) in [7, 11) is 1.43. The van der Waals surface area contributed by atoms with Gasteiger partial charge in [-0.05, 0) is 12.0 Å². The number of hydrogen-bond acceptors (Lipinski definition) is 6. The number of halogens is 3. The first-order valence-corrected chi connectivity index (χ1v) is 7.65. The molecule has 0 radical (unpaired) electrons. The van der Waals surface area contributed by atoms with E-state index in [1.807, 2.05) is 0 Å². The minimum Gasteiger partial charge on any atom is -0.477 e. The number of alkyl halides is 3. The summed E-state index contributed by atoms with van der Waals surface area (Å²) in [6.07, 6.45) is -4.06. The third-order valence-electron chi connectivity index (χ3n) is 3.34. The second-order valence-electron chi connectivity index (χ2n) is 5.90. The van der Waals surface area contributed by atoms with Gasteiger partial charge in [-0.25, -0.2) is 4.98 Å². The predicted octanol–water partition coefficient (Wildman–Crippen LogP) is 4.21. The molecule has 0 fully saturated rings. The fraction of sp³-hybridized carbons (Fsp3) is 0.375. The second-order valence-corrected chi connectivity index (χ2v) is 5.90. The zero-order valence-corrected chi connectivity index (χ0v) is 14.3. The lowest BCUT2D eigenvalue weighted by Gasteiger charge is -2.20. The molecule has 0 aliphatic rings. The first-order valence-electron chi connectivity index (χ1n) is 7.65. The van der Waals surface area contributed by atoms with Crippen molar-refractivity contribution in [1.82, 2.24) is 9.97 Å². The predicted molar refractivity (Wildman–Crippen MR) is 88.5 cm³/mol. The number of rotatable bonds is 6. The summed E-state index contributed by atoms with van der Waals surface area (Å²) >= 11 is 0. The third kappa shape index (κ3) is 4.38. The molecule has 0 bridgehead atoms. The highest BCUT2D eigenvalue weighted by molar-refractivity contribution is 5.68. The van der Waals surface area contributed by atoms with Gasteiger partial charge in [0, 0.05) is 19.3 Å². The SMILES string of the molecule is CC(C)COc1nc(N(C)c2ccccc2[N+](=O)[O-])ncc1C(F)(F)F. The number of nitro groups is 1. The van der Waals surface area contributed by atoms with Gasteiger partial charge >= 0.3 is 6.18 Å². The molecule has 0 aliphatic carbocycles. The van der Waals surface area contributed by atoms with Crippen LogP contribution in [0.5, 0.6) is 5.88 Å². The molecule has 2 rings (SSSR count). The minimum atomic E-state index is -4.68. The first kappa shape index (κ1) is 19.4. The molecule has 1 heterocycles. The number of benzene rings is 1. The van der Waals surface area contributed by atoms with E-state index in [4.69, 9.17) is 4.74 Å². The fourth-order valence-electron chi connectivity index (χ4n) is 2.08. The topological polar surface area (TPSA) is 81.4 Å². The number of ether oxygens (including phenoxy) is 1. The van der Waals surface area contributed by atoms with Gasteiger partial charge in [-0.1, -0.05) is 26.0 Å². The lowest BCUT2D eigenvalue weighted by atomic mass is 10.2. The van der Waals surface area contributed by atoms with Gasteiger partial charge in [0.2, 0.25) is 11.8 Å². The second kappa shape index (κ2) is 7.54. The molecule has 0 N–H and O–H groups in total. The van der Waals surface area contributed by atoms with Crippen LogP contribution in [-0.4, -0.2) is 28.5 Å². The van der Waals surface area contributed by atoms with Gasteiger partial charge in [0.25, 0.3) is 5.69 Å². The molecule has 140 valence electrons. The summed E-state index contributed by atoms with van der Waals surface area (Å²) in [6, 6.07) is 5.79. The molecule has 0 unspecified atom stereocenters. The van der Waals surface area contributed by atoms with Crippen molar-refractivity contribution in [1.29, 1.82) is 0 Å².